The van der Waals surface area contributed by atoms with Crippen molar-refractivity contribution in [3.05, 3.63) is 53.9 Å². The Morgan fingerprint density at radius 1 is 1.42 bits per heavy atom. The summed E-state index contributed by atoms with van der Waals surface area (Å²) in [5.74, 6) is 0.512. The van der Waals surface area contributed by atoms with E-state index in [1.54, 1.807) is 43.6 Å². The van der Waals surface area contributed by atoms with Gasteiger partial charge in [-0.15, -0.1) is 0 Å². The molecule has 0 fully saturated rings. The van der Waals surface area contributed by atoms with E-state index in [-0.39, 0.29) is 5.91 Å². The number of nitrogens with zero attached hydrogens (tertiary/aromatic N) is 1. The van der Waals surface area contributed by atoms with Gasteiger partial charge in [0.2, 0.25) is 0 Å². The third kappa shape index (κ3) is 3.22. The van der Waals surface area contributed by atoms with Gasteiger partial charge in [0.1, 0.15) is 5.75 Å². The lowest BCUT2D eigenvalue weighted by Crippen LogP contribution is -2.23. The van der Waals surface area contributed by atoms with Crippen LogP contribution in [-0.4, -0.2) is 18.0 Å². The van der Waals surface area contributed by atoms with Crippen molar-refractivity contribution in [3.63, 3.8) is 0 Å². The third-order valence-corrected chi connectivity index (χ3v) is 2.67. The normalized spacial score (nSPS) is 9.95. The van der Waals surface area contributed by atoms with Gasteiger partial charge in [-0.05, 0) is 30.3 Å². The monoisotopic (exact) mass is 257 g/mol. The second-order valence-electron chi connectivity index (χ2n) is 4.00. The van der Waals surface area contributed by atoms with Crippen LogP contribution in [0.4, 0.5) is 5.69 Å². The topological polar surface area (TPSA) is 77.2 Å². The molecule has 0 spiro atoms. The molecule has 3 N–H and O–H groups in total. The fraction of sp³-hybridized carbons (Fsp3) is 0.143. The molecule has 98 valence electrons. The first kappa shape index (κ1) is 12.9. The molecule has 1 heterocycles. The number of aromatic nitrogens is 1. The highest BCUT2D eigenvalue weighted by Gasteiger charge is 2.08. The van der Waals surface area contributed by atoms with Gasteiger partial charge >= 0.3 is 0 Å². The van der Waals surface area contributed by atoms with Crippen LogP contribution in [0.25, 0.3) is 0 Å². The van der Waals surface area contributed by atoms with E-state index in [1.807, 2.05) is 0 Å². The summed E-state index contributed by atoms with van der Waals surface area (Å²) in [6.07, 6.45) is 3.14. The van der Waals surface area contributed by atoms with Crippen LogP contribution in [0.3, 0.4) is 0 Å². The zero-order chi connectivity index (χ0) is 13.7. The number of hydrogen-bond donors (Lipinski definition) is 2. The molecular formula is C14H15N3O2. The summed E-state index contributed by atoms with van der Waals surface area (Å²) in [5.41, 5.74) is 7.70. The number of pyridine rings is 1. The molecule has 1 aromatic carbocycles. The number of anilines is 1. The molecule has 2 rings (SSSR count). The van der Waals surface area contributed by atoms with Gasteiger partial charge in [0, 0.05) is 30.2 Å². The highest BCUT2D eigenvalue weighted by molar-refractivity contribution is 5.93. The number of carbonyl (C=O) groups is 1. The van der Waals surface area contributed by atoms with Crippen molar-refractivity contribution in [1.82, 2.24) is 10.3 Å². The lowest BCUT2D eigenvalue weighted by Gasteiger charge is -2.10. The van der Waals surface area contributed by atoms with Crippen molar-refractivity contribution in [2.75, 3.05) is 12.8 Å². The molecule has 1 aromatic heterocycles. The number of nitrogen functional groups attached to an aromatic ring is 1. The molecule has 5 nitrogen and oxygen atoms in total. The van der Waals surface area contributed by atoms with Crippen molar-refractivity contribution in [2.24, 2.45) is 0 Å². The van der Waals surface area contributed by atoms with E-state index in [1.165, 1.54) is 6.20 Å². The SMILES string of the molecule is COc1ccc(N)cc1CNC(=O)c1cccnc1. The lowest BCUT2D eigenvalue weighted by molar-refractivity contribution is 0.0950. The van der Waals surface area contributed by atoms with E-state index in [9.17, 15) is 4.79 Å². The van der Waals surface area contributed by atoms with E-state index in [0.717, 1.165) is 5.56 Å². The predicted molar refractivity (Wildman–Crippen MR) is 72.8 cm³/mol. The Morgan fingerprint density at radius 3 is 2.95 bits per heavy atom. The maximum Gasteiger partial charge on any atom is 0.253 e. The third-order valence-electron chi connectivity index (χ3n) is 2.67. The molecule has 0 bridgehead atoms. The standard InChI is InChI=1S/C14H15N3O2/c1-19-13-5-4-12(15)7-11(13)9-17-14(18)10-3-2-6-16-8-10/h2-8H,9,15H2,1H3,(H,17,18). The molecule has 0 saturated heterocycles. The molecule has 1 amide bonds. The summed E-state index contributed by atoms with van der Waals surface area (Å²) < 4.78 is 5.22. The first-order valence-corrected chi connectivity index (χ1v) is 5.81. The number of ether oxygens (including phenoxy) is 1. The number of methoxy groups -OCH3 is 1. The Balaban J connectivity index is 2.07. The van der Waals surface area contributed by atoms with Crippen molar-refractivity contribution in [1.29, 1.82) is 0 Å². The van der Waals surface area contributed by atoms with E-state index in [2.05, 4.69) is 10.3 Å². The Kier molecular flexibility index (Phi) is 3.97. The Bertz CT molecular complexity index is 570. The van der Waals surface area contributed by atoms with Gasteiger partial charge in [0.15, 0.2) is 0 Å². The number of hydrogen-bond acceptors (Lipinski definition) is 4. The second-order valence-corrected chi connectivity index (χ2v) is 4.00. The molecular weight excluding hydrogens is 242 g/mol. The zero-order valence-electron chi connectivity index (χ0n) is 10.6. The van der Waals surface area contributed by atoms with Crippen molar-refractivity contribution < 1.29 is 9.53 Å². The van der Waals surface area contributed by atoms with E-state index >= 15 is 0 Å². The first-order chi connectivity index (χ1) is 9.20. The average Bonchev–Trinajstić information content (AvgIpc) is 2.46. The highest BCUT2D eigenvalue weighted by Crippen LogP contribution is 2.20. The van der Waals surface area contributed by atoms with Gasteiger partial charge in [0.05, 0.1) is 12.7 Å². The summed E-state index contributed by atoms with van der Waals surface area (Å²) in [6, 6.07) is 8.74. The number of rotatable bonds is 4. The van der Waals surface area contributed by atoms with Crippen LogP contribution in [0.1, 0.15) is 15.9 Å². The minimum Gasteiger partial charge on any atom is -0.496 e. The quantitative estimate of drug-likeness (QED) is 0.816. The largest absolute Gasteiger partial charge is 0.496 e. The van der Waals surface area contributed by atoms with Crippen molar-refractivity contribution >= 4 is 11.6 Å². The van der Waals surface area contributed by atoms with Crippen molar-refractivity contribution in [2.45, 2.75) is 6.54 Å². The fourth-order valence-electron chi connectivity index (χ4n) is 1.71. The van der Waals surface area contributed by atoms with Gasteiger partial charge in [-0.25, -0.2) is 0 Å². The zero-order valence-corrected chi connectivity index (χ0v) is 10.6. The van der Waals surface area contributed by atoms with Crippen LogP contribution in [0, 0.1) is 0 Å². The number of nitrogens with one attached hydrogen (secondary N) is 1. The molecule has 0 aliphatic rings. The highest BCUT2D eigenvalue weighted by atomic mass is 16.5. The Morgan fingerprint density at radius 2 is 2.26 bits per heavy atom. The van der Waals surface area contributed by atoms with Gasteiger partial charge in [-0.2, -0.15) is 0 Å². The van der Waals surface area contributed by atoms with Gasteiger partial charge in [-0.1, -0.05) is 0 Å². The van der Waals surface area contributed by atoms with Gasteiger partial charge in [-0.3, -0.25) is 9.78 Å². The molecule has 2 aromatic rings. The number of amides is 1. The fourth-order valence-corrected chi connectivity index (χ4v) is 1.71. The number of benzene rings is 1. The van der Waals surface area contributed by atoms with Gasteiger partial charge < -0.3 is 15.8 Å². The van der Waals surface area contributed by atoms with Crippen LogP contribution in [0.2, 0.25) is 0 Å². The van der Waals surface area contributed by atoms with E-state index in [4.69, 9.17) is 10.5 Å². The van der Waals surface area contributed by atoms with Gasteiger partial charge in [0.25, 0.3) is 5.91 Å². The minimum atomic E-state index is -0.183. The maximum atomic E-state index is 11.9. The van der Waals surface area contributed by atoms with Crippen LogP contribution in [-0.2, 0) is 6.54 Å². The molecule has 0 unspecified atom stereocenters. The maximum absolute atomic E-state index is 11.9. The molecule has 19 heavy (non-hydrogen) atoms. The van der Waals surface area contributed by atoms with Crippen molar-refractivity contribution in [3.8, 4) is 5.75 Å². The molecule has 5 heteroatoms. The number of nitrogens with two attached hydrogens (primary N) is 1. The second kappa shape index (κ2) is 5.86. The molecule has 0 aliphatic heterocycles. The van der Waals surface area contributed by atoms with E-state index < -0.39 is 0 Å². The number of carbonyl (C=O) groups excluding carboxylic acids is 1. The van der Waals surface area contributed by atoms with Crippen LogP contribution in [0.5, 0.6) is 5.75 Å². The summed E-state index contributed by atoms with van der Waals surface area (Å²) in [6.45, 7) is 0.349. The van der Waals surface area contributed by atoms with Crippen LogP contribution in [0.15, 0.2) is 42.7 Å². The average molecular weight is 257 g/mol. The Hall–Kier alpha value is -2.56. The predicted octanol–water partition coefficient (Wildman–Crippen LogP) is 1.60. The molecule has 0 atom stereocenters. The lowest BCUT2D eigenvalue weighted by atomic mass is 10.1. The summed E-state index contributed by atoms with van der Waals surface area (Å²) in [7, 11) is 1.58. The first-order valence-electron chi connectivity index (χ1n) is 5.81. The molecule has 0 saturated carbocycles. The van der Waals surface area contributed by atoms with Crippen LogP contribution < -0.4 is 15.8 Å². The Labute approximate surface area is 111 Å². The molecule has 0 aliphatic carbocycles. The van der Waals surface area contributed by atoms with E-state index in [0.29, 0.717) is 23.5 Å². The summed E-state index contributed by atoms with van der Waals surface area (Å²) in [5, 5.41) is 2.80. The molecule has 0 radical (unpaired) electrons. The smallest absolute Gasteiger partial charge is 0.253 e. The van der Waals surface area contributed by atoms with Crippen LogP contribution >= 0.6 is 0 Å². The summed E-state index contributed by atoms with van der Waals surface area (Å²) in [4.78, 5) is 15.8. The minimum absolute atomic E-state index is 0.183. The summed E-state index contributed by atoms with van der Waals surface area (Å²) >= 11 is 0.